The Balaban J connectivity index is 1.93. The molecule has 0 aliphatic heterocycles. The van der Waals surface area contributed by atoms with E-state index in [1.807, 2.05) is 26.0 Å². The van der Waals surface area contributed by atoms with Gasteiger partial charge in [-0.1, -0.05) is 19.1 Å². The number of pyridine rings is 1. The van der Waals surface area contributed by atoms with Crippen molar-refractivity contribution in [3.8, 4) is 5.69 Å². The van der Waals surface area contributed by atoms with E-state index >= 15 is 0 Å². The van der Waals surface area contributed by atoms with Crippen LogP contribution in [0, 0.1) is 5.92 Å². The van der Waals surface area contributed by atoms with E-state index in [1.165, 1.54) is 0 Å². The summed E-state index contributed by atoms with van der Waals surface area (Å²) in [6, 6.07) is 3.69. The van der Waals surface area contributed by atoms with Gasteiger partial charge in [-0.25, -0.2) is 4.68 Å². The van der Waals surface area contributed by atoms with Gasteiger partial charge in [-0.15, -0.1) is 5.10 Å². The van der Waals surface area contributed by atoms with Crippen LogP contribution in [0.2, 0.25) is 0 Å². The van der Waals surface area contributed by atoms with Crippen LogP contribution in [-0.2, 0) is 11.3 Å². The van der Waals surface area contributed by atoms with Crippen molar-refractivity contribution in [3.63, 3.8) is 0 Å². The maximum absolute atomic E-state index is 11.5. The van der Waals surface area contributed by atoms with Gasteiger partial charge in [0.05, 0.1) is 18.4 Å². The average molecular weight is 259 g/mol. The lowest BCUT2D eigenvalue weighted by molar-refractivity contribution is -0.121. The zero-order valence-electron chi connectivity index (χ0n) is 11.1. The summed E-state index contributed by atoms with van der Waals surface area (Å²) >= 11 is 0. The van der Waals surface area contributed by atoms with Crippen LogP contribution in [0.4, 0.5) is 0 Å². The highest BCUT2D eigenvalue weighted by Crippen LogP contribution is 2.04. The molecule has 0 spiro atoms. The summed E-state index contributed by atoms with van der Waals surface area (Å²) in [6.45, 7) is 4.43. The lowest BCUT2D eigenvalue weighted by atomic mass is 10.1. The molecule has 6 nitrogen and oxygen atoms in total. The first-order valence-electron chi connectivity index (χ1n) is 6.23. The Morgan fingerprint density at radius 1 is 1.37 bits per heavy atom. The molecule has 1 amide bonds. The molecule has 6 heteroatoms. The minimum absolute atomic E-state index is 0.0356. The summed E-state index contributed by atoms with van der Waals surface area (Å²) in [5.74, 6) is 0.390. The summed E-state index contributed by atoms with van der Waals surface area (Å²) in [6.07, 6.45) is 5.71. The van der Waals surface area contributed by atoms with Crippen molar-refractivity contribution in [1.82, 2.24) is 25.3 Å². The third kappa shape index (κ3) is 3.87. The molecule has 19 heavy (non-hydrogen) atoms. The maximum atomic E-state index is 11.5. The predicted octanol–water partition coefficient (Wildman–Crippen LogP) is 1.32. The number of rotatable bonds is 5. The predicted molar refractivity (Wildman–Crippen MR) is 70.5 cm³/mol. The molecule has 0 bridgehead atoms. The first-order chi connectivity index (χ1) is 9.15. The summed E-state index contributed by atoms with van der Waals surface area (Å²) in [5.41, 5.74) is 1.62. The molecule has 0 saturated carbocycles. The van der Waals surface area contributed by atoms with Gasteiger partial charge >= 0.3 is 0 Å². The number of carbonyl (C=O) groups excluding carboxylic acids is 1. The summed E-state index contributed by atoms with van der Waals surface area (Å²) in [7, 11) is 0. The second-order valence-corrected chi connectivity index (χ2v) is 4.73. The van der Waals surface area contributed by atoms with Crippen molar-refractivity contribution in [1.29, 1.82) is 0 Å². The molecule has 0 aliphatic rings. The van der Waals surface area contributed by atoms with E-state index in [9.17, 15) is 4.79 Å². The molecule has 2 heterocycles. The number of hydrogen-bond acceptors (Lipinski definition) is 4. The molecule has 2 aromatic rings. The molecular weight excluding hydrogens is 242 g/mol. The van der Waals surface area contributed by atoms with Crippen LogP contribution < -0.4 is 5.32 Å². The van der Waals surface area contributed by atoms with E-state index in [1.54, 1.807) is 23.3 Å². The highest BCUT2D eigenvalue weighted by atomic mass is 16.1. The topological polar surface area (TPSA) is 72.7 Å². The molecule has 0 fully saturated rings. The zero-order valence-corrected chi connectivity index (χ0v) is 11.1. The number of nitrogens with one attached hydrogen (secondary N) is 1. The second kappa shape index (κ2) is 6.08. The third-order valence-electron chi connectivity index (χ3n) is 2.53. The van der Waals surface area contributed by atoms with Gasteiger partial charge in [0, 0.05) is 18.8 Å². The van der Waals surface area contributed by atoms with Crippen LogP contribution in [0.15, 0.2) is 30.7 Å². The van der Waals surface area contributed by atoms with Gasteiger partial charge in [0.15, 0.2) is 0 Å². The molecule has 0 saturated heterocycles. The van der Waals surface area contributed by atoms with Gasteiger partial charge in [-0.05, 0) is 18.1 Å². The summed E-state index contributed by atoms with van der Waals surface area (Å²) in [4.78, 5) is 15.5. The van der Waals surface area contributed by atoms with E-state index < -0.39 is 0 Å². The van der Waals surface area contributed by atoms with Crippen molar-refractivity contribution in [2.45, 2.75) is 26.8 Å². The lowest BCUT2D eigenvalue weighted by Gasteiger charge is -2.04. The third-order valence-corrected chi connectivity index (χ3v) is 2.53. The number of carbonyl (C=O) groups is 1. The van der Waals surface area contributed by atoms with Crippen molar-refractivity contribution in [2.24, 2.45) is 5.92 Å². The fraction of sp³-hybridized carbons (Fsp3) is 0.385. The van der Waals surface area contributed by atoms with Crippen LogP contribution in [0.5, 0.6) is 0 Å². The van der Waals surface area contributed by atoms with E-state index in [-0.39, 0.29) is 5.91 Å². The summed E-state index contributed by atoms with van der Waals surface area (Å²) < 4.78 is 1.66. The van der Waals surface area contributed by atoms with Crippen LogP contribution in [0.1, 0.15) is 26.0 Å². The van der Waals surface area contributed by atoms with Gasteiger partial charge in [-0.2, -0.15) is 0 Å². The summed E-state index contributed by atoms with van der Waals surface area (Å²) in [5, 5.41) is 10.9. The highest BCUT2D eigenvalue weighted by Gasteiger charge is 2.06. The Bertz CT molecular complexity index is 535. The smallest absolute Gasteiger partial charge is 0.220 e. The zero-order chi connectivity index (χ0) is 13.7. The highest BCUT2D eigenvalue weighted by molar-refractivity contribution is 5.75. The SMILES string of the molecule is CC(C)CC(=O)NCc1cn(-c2ccncc2)nn1. The van der Waals surface area contributed by atoms with Crippen molar-refractivity contribution in [3.05, 3.63) is 36.4 Å². The van der Waals surface area contributed by atoms with E-state index in [0.29, 0.717) is 18.9 Å². The first-order valence-corrected chi connectivity index (χ1v) is 6.23. The van der Waals surface area contributed by atoms with Gasteiger partial charge in [0.2, 0.25) is 5.91 Å². The number of aromatic nitrogens is 4. The van der Waals surface area contributed by atoms with Crippen LogP contribution in [-0.4, -0.2) is 25.9 Å². The minimum atomic E-state index is 0.0356. The maximum Gasteiger partial charge on any atom is 0.220 e. The number of nitrogens with zero attached hydrogens (tertiary/aromatic N) is 4. The van der Waals surface area contributed by atoms with Crippen molar-refractivity contribution in [2.75, 3.05) is 0 Å². The molecule has 0 aromatic carbocycles. The lowest BCUT2D eigenvalue weighted by Crippen LogP contribution is -2.24. The average Bonchev–Trinajstić information content (AvgIpc) is 2.85. The van der Waals surface area contributed by atoms with Gasteiger partial charge in [0.1, 0.15) is 5.69 Å². The van der Waals surface area contributed by atoms with E-state index in [0.717, 1.165) is 11.4 Å². The van der Waals surface area contributed by atoms with Crippen molar-refractivity contribution < 1.29 is 4.79 Å². The van der Waals surface area contributed by atoms with Gasteiger partial charge in [0.25, 0.3) is 0 Å². The molecule has 1 N–H and O–H groups in total. The van der Waals surface area contributed by atoms with E-state index in [2.05, 4.69) is 20.6 Å². The van der Waals surface area contributed by atoms with Gasteiger partial charge in [-0.3, -0.25) is 9.78 Å². The molecule has 2 aromatic heterocycles. The largest absolute Gasteiger partial charge is 0.350 e. The molecule has 0 atom stereocenters. The monoisotopic (exact) mass is 259 g/mol. The Kier molecular flexibility index (Phi) is 4.22. The molecular formula is C13H17N5O. The Hall–Kier alpha value is -2.24. The fourth-order valence-corrected chi connectivity index (χ4v) is 1.63. The van der Waals surface area contributed by atoms with Gasteiger partial charge < -0.3 is 5.32 Å². The minimum Gasteiger partial charge on any atom is -0.350 e. The Labute approximate surface area is 111 Å². The molecule has 2 rings (SSSR count). The van der Waals surface area contributed by atoms with E-state index in [4.69, 9.17) is 0 Å². The van der Waals surface area contributed by atoms with Crippen LogP contribution >= 0.6 is 0 Å². The molecule has 0 unspecified atom stereocenters. The Morgan fingerprint density at radius 3 is 2.79 bits per heavy atom. The van der Waals surface area contributed by atoms with Crippen LogP contribution in [0.3, 0.4) is 0 Å². The second-order valence-electron chi connectivity index (χ2n) is 4.73. The Morgan fingerprint density at radius 2 is 2.11 bits per heavy atom. The standard InChI is InChI=1S/C13H17N5O/c1-10(2)7-13(19)15-8-11-9-18(17-16-11)12-3-5-14-6-4-12/h3-6,9-10H,7-8H2,1-2H3,(H,15,19). The molecule has 100 valence electrons. The quantitative estimate of drug-likeness (QED) is 0.879. The van der Waals surface area contributed by atoms with Crippen LogP contribution in [0.25, 0.3) is 5.69 Å². The number of amides is 1. The molecule has 0 radical (unpaired) electrons. The normalized spacial score (nSPS) is 10.7. The number of hydrogen-bond donors (Lipinski definition) is 1. The molecule has 0 aliphatic carbocycles. The first kappa shape index (κ1) is 13.2. The van der Waals surface area contributed by atoms with Crippen molar-refractivity contribution >= 4 is 5.91 Å². The fourth-order valence-electron chi connectivity index (χ4n) is 1.63.